The average molecular weight is 766 g/mol. The van der Waals surface area contributed by atoms with Gasteiger partial charge in [-0.15, -0.1) is 0 Å². The van der Waals surface area contributed by atoms with Crippen LogP contribution in [0.3, 0.4) is 0 Å². The minimum atomic E-state index is -4.37. The molecule has 0 aliphatic heterocycles. The predicted octanol–water partition coefficient (Wildman–Crippen LogP) is 11.5. The Labute approximate surface area is 323 Å². The third kappa shape index (κ3) is 39.2. The molecule has 10 heteroatoms. The fraction of sp³-hybridized carbons (Fsp3) is 0.721. The number of ether oxygens (including phenoxy) is 2. The molecule has 0 fully saturated rings. The molecule has 0 aromatic rings. The van der Waals surface area contributed by atoms with Crippen LogP contribution in [0.4, 0.5) is 0 Å². The van der Waals surface area contributed by atoms with E-state index >= 15 is 0 Å². The molecule has 0 aliphatic rings. The Bertz CT molecular complexity index is 1070. The zero-order chi connectivity index (χ0) is 39.1. The highest BCUT2D eigenvalue weighted by atomic mass is 31.2. The molecular formula is C43H76NO8P. The summed E-state index contributed by atoms with van der Waals surface area (Å²) in [4.78, 5) is 36.9. The first-order valence-corrected chi connectivity index (χ1v) is 22.1. The van der Waals surface area contributed by atoms with Crippen molar-refractivity contribution in [2.45, 2.75) is 161 Å². The molecule has 0 aromatic heterocycles. The Morgan fingerprint density at radius 1 is 0.585 bits per heavy atom. The van der Waals surface area contributed by atoms with Crippen LogP contribution in [0.1, 0.15) is 155 Å². The van der Waals surface area contributed by atoms with Crippen molar-refractivity contribution in [3.8, 4) is 0 Å². The molecule has 0 rings (SSSR count). The van der Waals surface area contributed by atoms with E-state index in [0.717, 1.165) is 83.5 Å². The number of allylic oxidation sites excluding steroid dienone is 10. The Hall–Kier alpha value is -2.29. The highest BCUT2D eigenvalue weighted by molar-refractivity contribution is 7.47. The number of hydrogen-bond donors (Lipinski definition) is 1. The van der Waals surface area contributed by atoms with Crippen molar-refractivity contribution >= 4 is 19.8 Å². The van der Waals surface area contributed by atoms with Gasteiger partial charge in [0, 0.05) is 19.4 Å². The third-order valence-electron chi connectivity index (χ3n) is 8.30. The second kappa shape index (κ2) is 38.0. The van der Waals surface area contributed by atoms with E-state index in [-0.39, 0.29) is 26.1 Å². The van der Waals surface area contributed by atoms with Gasteiger partial charge in [0.2, 0.25) is 0 Å². The second-order valence-electron chi connectivity index (χ2n) is 13.8. The van der Waals surface area contributed by atoms with Gasteiger partial charge in [-0.25, -0.2) is 4.57 Å². The monoisotopic (exact) mass is 766 g/mol. The molecule has 0 bridgehead atoms. The van der Waals surface area contributed by atoms with Gasteiger partial charge in [-0.05, 0) is 91.1 Å². The summed E-state index contributed by atoms with van der Waals surface area (Å²) < 4.78 is 33.3. The largest absolute Gasteiger partial charge is 0.472 e. The lowest BCUT2D eigenvalue weighted by Crippen LogP contribution is -2.29. The molecule has 0 saturated carbocycles. The number of phosphoric ester groups is 1. The van der Waals surface area contributed by atoms with Crippen molar-refractivity contribution in [2.24, 2.45) is 0 Å². The van der Waals surface area contributed by atoms with E-state index in [0.29, 0.717) is 13.0 Å². The van der Waals surface area contributed by atoms with Crippen LogP contribution >= 0.6 is 7.82 Å². The second-order valence-corrected chi connectivity index (χ2v) is 15.3. The minimum Gasteiger partial charge on any atom is -0.462 e. The molecule has 0 saturated heterocycles. The molecule has 0 heterocycles. The van der Waals surface area contributed by atoms with Crippen molar-refractivity contribution in [3.05, 3.63) is 60.8 Å². The van der Waals surface area contributed by atoms with Crippen molar-refractivity contribution in [2.75, 3.05) is 40.5 Å². The van der Waals surface area contributed by atoms with Gasteiger partial charge in [0.1, 0.15) is 6.61 Å². The number of esters is 2. The molecule has 9 nitrogen and oxygen atoms in total. The van der Waals surface area contributed by atoms with Crippen LogP contribution in [-0.4, -0.2) is 68.3 Å². The van der Waals surface area contributed by atoms with Gasteiger partial charge in [0.05, 0.1) is 13.2 Å². The summed E-state index contributed by atoms with van der Waals surface area (Å²) in [5.74, 6) is -0.856. The number of unbranched alkanes of at least 4 members (excludes halogenated alkanes) is 13. The molecule has 1 N–H and O–H groups in total. The van der Waals surface area contributed by atoms with Crippen molar-refractivity contribution in [1.29, 1.82) is 0 Å². The van der Waals surface area contributed by atoms with Crippen molar-refractivity contribution in [1.82, 2.24) is 4.90 Å². The highest BCUT2D eigenvalue weighted by Crippen LogP contribution is 2.43. The van der Waals surface area contributed by atoms with Gasteiger partial charge in [-0.2, -0.15) is 0 Å². The van der Waals surface area contributed by atoms with Crippen LogP contribution < -0.4 is 0 Å². The molecule has 0 spiro atoms. The number of likely N-dealkylation sites (N-methyl/N-ethyl adjacent to an activating group) is 1. The maximum absolute atomic E-state index is 12.6. The van der Waals surface area contributed by atoms with Gasteiger partial charge in [-0.3, -0.25) is 18.6 Å². The molecule has 0 aromatic carbocycles. The molecular weight excluding hydrogens is 689 g/mol. The fourth-order valence-corrected chi connectivity index (χ4v) is 5.80. The number of phosphoric acid groups is 1. The SMILES string of the molecule is CCCC/C=C\CCCCCCCC(=O)OCC(COP(=O)(O)OCCN(C)C)OC(=O)CCCCC/C=C\C/C=C\C/C=C\C/C=C\CCCCC. The predicted molar refractivity (Wildman–Crippen MR) is 220 cm³/mol. The quantitative estimate of drug-likeness (QED) is 0.0286. The molecule has 2 unspecified atom stereocenters. The number of carbonyl (C=O) groups excluding carboxylic acids is 2. The molecule has 2 atom stereocenters. The van der Waals surface area contributed by atoms with Crippen LogP contribution in [0.15, 0.2) is 60.8 Å². The molecule has 0 radical (unpaired) electrons. The van der Waals surface area contributed by atoms with Gasteiger partial charge < -0.3 is 19.3 Å². The number of nitrogens with zero attached hydrogens (tertiary/aromatic N) is 1. The van der Waals surface area contributed by atoms with Crippen LogP contribution in [0.25, 0.3) is 0 Å². The summed E-state index contributed by atoms with van der Waals surface area (Å²) >= 11 is 0. The van der Waals surface area contributed by atoms with E-state index in [1.807, 2.05) is 19.0 Å². The van der Waals surface area contributed by atoms with E-state index in [1.54, 1.807) is 0 Å². The summed E-state index contributed by atoms with van der Waals surface area (Å²) in [6.07, 6.45) is 42.7. The summed E-state index contributed by atoms with van der Waals surface area (Å²) in [5, 5.41) is 0. The Morgan fingerprint density at radius 2 is 1.04 bits per heavy atom. The van der Waals surface area contributed by atoms with Crippen LogP contribution in [0, 0.1) is 0 Å². The number of carbonyl (C=O) groups is 2. The van der Waals surface area contributed by atoms with Crippen molar-refractivity contribution < 1.29 is 37.6 Å². The normalized spacial score (nSPS) is 14.1. The van der Waals surface area contributed by atoms with Gasteiger partial charge in [0.25, 0.3) is 0 Å². The number of rotatable bonds is 37. The number of hydrogen-bond acceptors (Lipinski definition) is 8. The van der Waals surface area contributed by atoms with Crippen LogP contribution in [-0.2, 0) is 32.7 Å². The fourth-order valence-electron chi connectivity index (χ4n) is 5.06. The van der Waals surface area contributed by atoms with E-state index in [1.165, 1.54) is 38.5 Å². The topological polar surface area (TPSA) is 112 Å². The van der Waals surface area contributed by atoms with Gasteiger partial charge in [0.15, 0.2) is 6.10 Å². The van der Waals surface area contributed by atoms with Gasteiger partial charge >= 0.3 is 19.8 Å². The smallest absolute Gasteiger partial charge is 0.462 e. The first kappa shape index (κ1) is 50.7. The van der Waals surface area contributed by atoms with Crippen LogP contribution in [0.2, 0.25) is 0 Å². The summed E-state index contributed by atoms with van der Waals surface area (Å²) in [7, 11) is -0.739. The van der Waals surface area contributed by atoms with Gasteiger partial charge in [-0.1, -0.05) is 126 Å². The lowest BCUT2D eigenvalue weighted by Gasteiger charge is -2.20. The molecule has 0 aliphatic carbocycles. The van der Waals surface area contributed by atoms with Crippen LogP contribution in [0.5, 0.6) is 0 Å². The van der Waals surface area contributed by atoms with Crippen molar-refractivity contribution in [3.63, 3.8) is 0 Å². The maximum atomic E-state index is 12.6. The molecule has 53 heavy (non-hydrogen) atoms. The summed E-state index contributed by atoms with van der Waals surface area (Å²) in [6.45, 7) is 4.18. The molecule has 306 valence electrons. The third-order valence-corrected chi connectivity index (χ3v) is 9.28. The first-order valence-electron chi connectivity index (χ1n) is 20.6. The summed E-state index contributed by atoms with van der Waals surface area (Å²) in [6, 6.07) is 0. The maximum Gasteiger partial charge on any atom is 0.472 e. The average Bonchev–Trinajstić information content (AvgIpc) is 3.12. The first-order chi connectivity index (χ1) is 25.7. The van der Waals surface area contributed by atoms with E-state index in [2.05, 4.69) is 74.6 Å². The lowest BCUT2D eigenvalue weighted by molar-refractivity contribution is -0.161. The standard InChI is InChI=1S/C43H76NO8P/c1-5-7-9-11-13-15-17-18-19-20-21-22-23-24-26-28-30-32-34-36-43(46)52-41(40-51-53(47,48)50-38-37-44(3)4)39-49-42(45)35-33-31-29-27-25-16-14-12-10-8-6-2/h12-15,18-19,21-22,24,26,41H,5-11,16-17,20,23,25,27-40H2,1-4H3,(H,47,48)/b14-12-,15-13-,19-18-,22-21-,26-24-. The summed E-state index contributed by atoms with van der Waals surface area (Å²) in [5.41, 5.74) is 0. The Morgan fingerprint density at radius 3 is 1.60 bits per heavy atom. The highest BCUT2D eigenvalue weighted by Gasteiger charge is 2.26. The Balaban J connectivity index is 4.40. The molecule has 0 amide bonds. The lowest BCUT2D eigenvalue weighted by atomic mass is 10.1. The van der Waals surface area contributed by atoms with E-state index in [4.69, 9.17) is 18.5 Å². The Kier molecular flexibility index (Phi) is 36.4. The zero-order valence-corrected chi connectivity index (χ0v) is 34.8. The minimum absolute atomic E-state index is 0.00304. The van der Waals surface area contributed by atoms with E-state index < -0.39 is 32.5 Å². The zero-order valence-electron chi connectivity index (χ0n) is 33.9. The van der Waals surface area contributed by atoms with E-state index in [9.17, 15) is 19.0 Å².